The summed E-state index contributed by atoms with van der Waals surface area (Å²) < 4.78 is 13.3. The lowest BCUT2D eigenvalue weighted by Gasteiger charge is -2.17. The molecule has 0 saturated heterocycles. The van der Waals surface area contributed by atoms with Crippen LogP contribution in [0, 0.1) is 0 Å². The van der Waals surface area contributed by atoms with Gasteiger partial charge < -0.3 is 14.8 Å². The van der Waals surface area contributed by atoms with Crippen molar-refractivity contribution in [3.05, 3.63) is 96.1 Å². The predicted molar refractivity (Wildman–Crippen MR) is 150 cm³/mol. The number of para-hydroxylation sites is 1. The first-order chi connectivity index (χ1) is 18.6. The number of anilines is 1. The summed E-state index contributed by atoms with van der Waals surface area (Å²) in [6.07, 6.45) is -0.397. The Hall–Kier alpha value is -4.15. The average Bonchev–Trinajstić information content (AvgIpc) is 3.61. The number of hydrogen-bond acceptors (Lipinski definition) is 8. The van der Waals surface area contributed by atoms with E-state index in [0.29, 0.717) is 21.9 Å². The van der Waals surface area contributed by atoms with E-state index in [1.807, 2.05) is 102 Å². The smallest absolute Gasteiger partial charge is 0.236 e. The van der Waals surface area contributed by atoms with Gasteiger partial charge in [-0.05, 0) is 43.3 Å². The highest BCUT2D eigenvalue weighted by Crippen LogP contribution is 2.29. The number of hydrogen-bond donors (Lipinski definition) is 1. The molecular formula is C28H25N5O3S2. The number of methoxy groups -OCH3 is 1. The van der Waals surface area contributed by atoms with Crippen LogP contribution in [0.15, 0.2) is 95.5 Å². The van der Waals surface area contributed by atoms with Crippen molar-refractivity contribution in [1.29, 1.82) is 0 Å². The quantitative estimate of drug-likeness (QED) is 0.208. The number of thioether (sulfide) groups is 1. The highest BCUT2D eigenvalue weighted by atomic mass is 32.2. The molecule has 8 nitrogen and oxygen atoms in total. The highest BCUT2D eigenvalue weighted by Gasteiger charge is 2.22. The minimum atomic E-state index is -0.397. The fourth-order valence-electron chi connectivity index (χ4n) is 3.73. The minimum absolute atomic E-state index is 0.152. The zero-order chi connectivity index (χ0) is 26.3. The Balaban J connectivity index is 1.29. The number of benzene rings is 3. The number of aromatic nitrogens is 4. The maximum absolute atomic E-state index is 12.8. The van der Waals surface area contributed by atoms with Gasteiger partial charge in [-0.3, -0.25) is 9.36 Å². The zero-order valence-electron chi connectivity index (χ0n) is 20.8. The third-order valence-electron chi connectivity index (χ3n) is 5.56. The first kappa shape index (κ1) is 25.5. The van der Waals surface area contributed by atoms with E-state index in [2.05, 4.69) is 20.5 Å². The van der Waals surface area contributed by atoms with Gasteiger partial charge in [-0.25, -0.2) is 4.98 Å². The number of thiazole rings is 1. The Morgan fingerprint density at radius 2 is 1.66 bits per heavy atom. The van der Waals surface area contributed by atoms with Crippen LogP contribution in [-0.2, 0) is 4.79 Å². The van der Waals surface area contributed by atoms with E-state index in [4.69, 9.17) is 9.47 Å². The Kier molecular flexibility index (Phi) is 8.01. The molecule has 0 aliphatic carbocycles. The summed E-state index contributed by atoms with van der Waals surface area (Å²) in [5, 5.41) is 14.8. The third-order valence-corrected chi connectivity index (χ3v) is 7.25. The van der Waals surface area contributed by atoms with Gasteiger partial charge in [0, 0.05) is 16.6 Å². The largest absolute Gasteiger partial charge is 0.497 e. The molecule has 2 aromatic heterocycles. The third kappa shape index (κ3) is 6.04. The molecule has 5 aromatic rings. The van der Waals surface area contributed by atoms with Gasteiger partial charge in [-0.15, -0.1) is 21.5 Å². The molecule has 0 spiro atoms. The van der Waals surface area contributed by atoms with Gasteiger partial charge in [0.2, 0.25) is 5.91 Å². The van der Waals surface area contributed by atoms with Crippen molar-refractivity contribution in [3.63, 3.8) is 0 Å². The summed E-state index contributed by atoms with van der Waals surface area (Å²) in [6.45, 7) is 1.92. The van der Waals surface area contributed by atoms with Crippen molar-refractivity contribution >= 4 is 34.1 Å². The van der Waals surface area contributed by atoms with E-state index in [-0.39, 0.29) is 11.7 Å². The number of nitrogens with zero attached hydrogens (tertiary/aromatic N) is 4. The SMILES string of the molecule is COc1ccc(OC(C)c2nnc(SCC(=O)Nc3nc(-c4ccccc4)cs3)n2-c2ccccc2)cc1. The molecule has 0 aliphatic rings. The molecule has 1 amide bonds. The number of carbonyl (C=O) groups excluding carboxylic acids is 1. The van der Waals surface area contributed by atoms with E-state index in [0.717, 1.165) is 22.7 Å². The van der Waals surface area contributed by atoms with Crippen LogP contribution in [0.5, 0.6) is 11.5 Å². The number of nitrogens with one attached hydrogen (secondary N) is 1. The van der Waals surface area contributed by atoms with Crippen molar-refractivity contribution < 1.29 is 14.3 Å². The molecule has 1 atom stereocenters. The van der Waals surface area contributed by atoms with Crippen LogP contribution in [0.1, 0.15) is 18.9 Å². The van der Waals surface area contributed by atoms with Gasteiger partial charge in [0.15, 0.2) is 22.2 Å². The zero-order valence-corrected chi connectivity index (χ0v) is 22.4. The summed E-state index contributed by atoms with van der Waals surface area (Å²) in [7, 11) is 1.62. The molecule has 10 heteroatoms. The van der Waals surface area contributed by atoms with Crippen molar-refractivity contribution in [3.8, 4) is 28.4 Å². The van der Waals surface area contributed by atoms with Crippen LogP contribution < -0.4 is 14.8 Å². The monoisotopic (exact) mass is 543 g/mol. The second kappa shape index (κ2) is 11.9. The normalized spacial score (nSPS) is 11.6. The Bertz CT molecular complexity index is 1490. The van der Waals surface area contributed by atoms with E-state index < -0.39 is 6.10 Å². The molecule has 0 bridgehead atoms. The van der Waals surface area contributed by atoms with Crippen molar-refractivity contribution in [2.24, 2.45) is 0 Å². The lowest BCUT2D eigenvalue weighted by molar-refractivity contribution is -0.113. The minimum Gasteiger partial charge on any atom is -0.497 e. The van der Waals surface area contributed by atoms with E-state index in [9.17, 15) is 4.79 Å². The van der Waals surface area contributed by atoms with Crippen LogP contribution in [0.3, 0.4) is 0 Å². The first-order valence-electron chi connectivity index (χ1n) is 11.9. The van der Waals surface area contributed by atoms with Crippen molar-refractivity contribution in [1.82, 2.24) is 19.7 Å². The summed E-state index contributed by atoms with van der Waals surface area (Å²) in [6, 6.07) is 27.0. The molecule has 1 N–H and O–H groups in total. The van der Waals surface area contributed by atoms with Crippen LogP contribution in [0.25, 0.3) is 16.9 Å². The molecule has 0 fully saturated rings. The Morgan fingerprint density at radius 1 is 0.974 bits per heavy atom. The molecule has 3 aromatic carbocycles. The number of ether oxygens (including phenoxy) is 2. The van der Waals surface area contributed by atoms with Gasteiger partial charge in [-0.2, -0.15) is 0 Å². The molecule has 0 radical (unpaired) electrons. The topological polar surface area (TPSA) is 91.2 Å². The van der Waals surface area contributed by atoms with Crippen molar-refractivity contribution in [2.45, 2.75) is 18.2 Å². The highest BCUT2D eigenvalue weighted by molar-refractivity contribution is 7.99. The van der Waals surface area contributed by atoms with E-state index in [1.54, 1.807) is 7.11 Å². The molecule has 2 heterocycles. The maximum Gasteiger partial charge on any atom is 0.236 e. The predicted octanol–water partition coefficient (Wildman–Crippen LogP) is 6.27. The number of rotatable bonds is 10. The molecule has 1 unspecified atom stereocenters. The van der Waals surface area contributed by atoms with E-state index >= 15 is 0 Å². The van der Waals surface area contributed by atoms with E-state index in [1.165, 1.54) is 23.1 Å². The summed E-state index contributed by atoms with van der Waals surface area (Å²) in [5.74, 6) is 2.05. The second-order valence-electron chi connectivity index (χ2n) is 8.19. The molecule has 192 valence electrons. The molecule has 38 heavy (non-hydrogen) atoms. The van der Waals surface area contributed by atoms with Gasteiger partial charge in [0.1, 0.15) is 11.5 Å². The summed E-state index contributed by atoms with van der Waals surface area (Å²) in [5.41, 5.74) is 2.72. The summed E-state index contributed by atoms with van der Waals surface area (Å²) >= 11 is 2.70. The maximum atomic E-state index is 12.8. The van der Waals surface area contributed by atoms with Gasteiger partial charge in [0.05, 0.1) is 18.6 Å². The number of amides is 1. The molecular weight excluding hydrogens is 518 g/mol. The lowest BCUT2D eigenvalue weighted by atomic mass is 10.2. The van der Waals surface area contributed by atoms with Crippen LogP contribution in [0.2, 0.25) is 0 Å². The fourth-order valence-corrected chi connectivity index (χ4v) is 5.22. The van der Waals surface area contributed by atoms with Gasteiger partial charge >= 0.3 is 0 Å². The standard InChI is InChI=1S/C28H25N5O3S2/c1-19(36-23-15-13-22(35-2)14-16-23)26-31-32-28(33(26)21-11-7-4-8-12-21)38-18-25(34)30-27-29-24(17-37-27)20-9-5-3-6-10-20/h3-17,19H,18H2,1-2H3,(H,29,30,34). The number of carbonyl (C=O) groups is 1. The summed E-state index contributed by atoms with van der Waals surface area (Å²) in [4.78, 5) is 17.3. The Morgan fingerprint density at radius 3 is 2.37 bits per heavy atom. The van der Waals surface area contributed by atoms with Crippen LogP contribution in [0.4, 0.5) is 5.13 Å². The molecule has 5 rings (SSSR count). The Labute approximate surface area is 228 Å². The molecule has 0 aliphatic heterocycles. The first-order valence-corrected chi connectivity index (χ1v) is 13.7. The van der Waals surface area contributed by atoms with Crippen LogP contribution in [-0.4, -0.2) is 38.5 Å². The lowest BCUT2D eigenvalue weighted by Crippen LogP contribution is -2.15. The van der Waals surface area contributed by atoms with Crippen LogP contribution >= 0.6 is 23.1 Å². The second-order valence-corrected chi connectivity index (χ2v) is 9.99. The molecule has 0 saturated carbocycles. The average molecular weight is 544 g/mol. The van der Waals surface area contributed by atoms with Crippen molar-refractivity contribution in [2.75, 3.05) is 18.2 Å². The van der Waals surface area contributed by atoms with Gasteiger partial charge in [0.25, 0.3) is 0 Å². The van der Waals surface area contributed by atoms with Gasteiger partial charge in [-0.1, -0.05) is 60.3 Å². The fraction of sp³-hybridized carbons (Fsp3) is 0.143.